The van der Waals surface area contributed by atoms with Crippen LogP contribution in [0.1, 0.15) is 19.3 Å². The van der Waals surface area contributed by atoms with Crippen LogP contribution < -0.4 is 5.32 Å². The minimum Gasteiger partial charge on any atom is -0.481 e. The minimum atomic E-state index is -2.32. The van der Waals surface area contributed by atoms with E-state index in [1.807, 2.05) is 4.90 Å². The fourth-order valence-corrected chi connectivity index (χ4v) is 1.93. The van der Waals surface area contributed by atoms with Crippen LogP contribution in [0, 0.1) is 0 Å². The molecule has 16 heavy (non-hydrogen) atoms. The van der Waals surface area contributed by atoms with E-state index >= 15 is 0 Å². The molecule has 0 aromatic heterocycles. The molecule has 1 saturated heterocycles. The number of piperidine rings is 1. The number of alkyl halides is 2. The van der Waals surface area contributed by atoms with Gasteiger partial charge in [-0.05, 0) is 19.4 Å². The SMILES string of the molecule is O=C(O)CCN1CCCC(NCC(F)F)C1. The maximum atomic E-state index is 12.0. The van der Waals surface area contributed by atoms with Crippen molar-refractivity contribution in [3.63, 3.8) is 0 Å². The van der Waals surface area contributed by atoms with Gasteiger partial charge in [-0.15, -0.1) is 0 Å². The van der Waals surface area contributed by atoms with Crippen LogP contribution in [0.15, 0.2) is 0 Å². The smallest absolute Gasteiger partial charge is 0.304 e. The Kier molecular flexibility index (Phi) is 5.62. The van der Waals surface area contributed by atoms with Gasteiger partial charge in [0.25, 0.3) is 6.43 Å². The predicted molar refractivity (Wildman–Crippen MR) is 55.7 cm³/mol. The van der Waals surface area contributed by atoms with E-state index in [4.69, 9.17) is 5.11 Å². The number of nitrogens with one attached hydrogen (secondary N) is 1. The Morgan fingerprint density at radius 2 is 2.31 bits per heavy atom. The number of aliphatic carboxylic acids is 1. The van der Waals surface area contributed by atoms with Crippen molar-refractivity contribution in [2.45, 2.75) is 31.7 Å². The maximum absolute atomic E-state index is 12.0. The third-order valence-corrected chi connectivity index (χ3v) is 2.71. The van der Waals surface area contributed by atoms with Crippen molar-refractivity contribution in [3.05, 3.63) is 0 Å². The van der Waals surface area contributed by atoms with Crippen LogP contribution in [0.3, 0.4) is 0 Å². The number of nitrogens with zero attached hydrogens (tertiary/aromatic N) is 1. The van der Waals surface area contributed by atoms with Gasteiger partial charge in [0.15, 0.2) is 0 Å². The molecule has 1 heterocycles. The lowest BCUT2D eigenvalue weighted by atomic mass is 10.1. The highest BCUT2D eigenvalue weighted by Crippen LogP contribution is 2.10. The van der Waals surface area contributed by atoms with E-state index in [0.717, 1.165) is 19.4 Å². The molecule has 0 aromatic carbocycles. The van der Waals surface area contributed by atoms with Gasteiger partial charge in [0.1, 0.15) is 0 Å². The van der Waals surface area contributed by atoms with Crippen LogP contribution in [0.5, 0.6) is 0 Å². The second-order valence-corrected chi connectivity index (χ2v) is 4.08. The van der Waals surface area contributed by atoms with Gasteiger partial charge >= 0.3 is 5.97 Å². The Morgan fingerprint density at radius 3 is 2.94 bits per heavy atom. The highest BCUT2D eigenvalue weighted by Gasteiger charge is 2.20. The largest absolute Gasteiger partial charge is 0.481 e. The monoisotopic (exact) mass is 236 g/mol. The summed E-state index contributed by atoms with van der Waals surface area (Å²) in [5, 5.41) is 11.3. The molecule has 4 nitrogen and oxygen atoms in total. The zero-order valence-corrected chi connectivity index (χ0v) is 9.16. The van der Waals surface area contributed by atoms with Crippen LogP contribution in [0.2, 0.25) is 0 Å². The summed E-state index contributed by atoms with van der Waals surface area (Å²) in [5.41, 5.74) is 0. The number of rotatable bonds is 6. The van der Waals surface area contributed by atoms with E-state index in [9.17, 15) is 13.6 Å². The van der Waals surface area contributed by atoms with Gasteiger partial charge in [-0.25, -0.2) is 8.78 Å². The fourth-order valence-electron chi connectivity index (χ4n) is 1.93. The first kappa shape index (κ1) is 13.3. The van der Waals surface area contributed by atoms with Gasteiger partial charge in [-0.1, -0.05) is 0 Å². The number of hydrogen-bond acceptors (Lipinski definition) is 3. The molecular weight excluding hydrogens is 218 g/mol. The molecule has 0 aromatic rings. The average Bonchev–Trinajstić information content (AvgIpc) is 2.24. The number of likely N-dealkylation sites (tertiary alicyclic amines) is 1. The third kappa shape index (κ3) is 5.37. The zero-order chi connectivity index (χ0) is 12.0. The van der Waals surface area contributed by atoms with Crippen LogP contribution in [0.25, 0.3) is 0 Å². The predicted octanol–water partition coefficient (Wildman–Crippen LogP) is 0.780. The second kappa shape index (κ2) is 6.75. The summed E-state index contributed by atoms with van der Waals surface area (Å²) in [7, 11) is 0. The number of halogens is 2. The molecule has 1 unspecified atom stereocenters. The van der Waals surface area contributed by atoms with Crippen molar-refractivity contribution in [2.24, 2.45) is 0 Å². The number of hydrogen-bond donors (Lipinski definition) is 2. The highest BCUT2D eigenvalue weighted by molar-refractivity contribution is 5.66. The molecule has 1 aliphatic rings. The molecule has 94 valence electrons. The minimum absolute atomic E-state index is 0.0662. The molecule has 0 spiro atoms. The van der Waals surface area contributed by atoms with Crippen molar-refractivity contribution in [1.29, 1.82) is 0 Å². The van der Waals surface area contributed by atoms with Gasteiger partial charge in [-0.2, -0.15) is 0 Å². The Bertz CT molecular complexity index is 227. The van der Waals surface area contributed by atoms with E-state index in [1.165, 1.54) is 0 Å². The topological polar surface area (TPSA) is 52.6 Å². The molecule has 0 saturated carbocycles. The van der Waals surface area contributed by atoms with Gasteiger partial charge < -0.3 is 15.3 Å². The standard InChI is InChI=1S/C10H18F2N2O2/c11-9(12)6-13-8-2-1-4-14(7-8)5-3-10(15)16/h8-9,13H,1-7H2,(H,15,16). The second-order valence-electron chi connectivity index (χ2n) is 4.08. The van der Waals surface area contributed by atoms with Gasteiger partial charge in [0, 0.05) is 19.1 Å². The molecule has 6 heteroatoms. The molecule has 1 aliphatic heterocycles. The van der Waals surface area contributed by atoms with Crippen LogP contribution in [0.4, 0.5) is 8.78 Å². The van der Waals surface area contributed by atoms with Crippen molar-refractivity contribution < 1.29 is 18.7 Å². The molecular formula is C10H18F2N2O2. The summed E-state index contributed by atoms with van der Waals surface area (Å²) in [6, 6.07) is 0.0662. The van der Waals surface area contributed by atoms with E-state index in [2.05, 4.69) is 5.32 Å². The number of carboxylic acids is 1. The Labute approximate surface area is 93.6 Å². The first-order chi connectivity index (χ1) is 7.58. The molecule has 1 fully saturated rings. The van der Waals surface area contributed by atoms with E-state index in [1.54, 1.807) is 0 Å². The molecule has 1 rings (SSSR count). The Balaban J connectivity index is 2.21. The van der Waals surface area contributed by atoms with Crippen LogP contribution >= 0.6 is 0 Å². The van der Waals surface area contributed by atoms with Crippen LogP contribution in [-0.4, -0.2) is 54.6 Å². The third-order valence-electron chi connectivity index (χ3n) is 2.71. The number of carbonyl (C=O) groups is 1. The van der Waals surface area contributed by atoms with Crippen molar-refractivity contribution in [1.82, 2.24) is 10.2 Å². The average molecular weight is 236 g/mol. The Morgan fingerprint density at radius 1 is 1.56 bits per heavy atom. The lowest BCUT2D eigenvalue weighted by molar-refractivity contribution is -0.137. The lowest BCUT2D eigenvalue weighted by Crippen LogP contribution is -2.47. The molecule has 0 amide bonds. The molecule has 2 N–H and O–H groups in total. The summed E-state index contributed by atoms with van der Waals surface area (Å²) >= 11 is 0. The van der Waals surface area contributed by atoms with Gasteiger partial charge in [-0.3, -0.25) is 4.79 Å². The fraction of sp³-hybridized carbons (Fsp3) is 0.900. The normalized spacial score (nSPS) is 22.6. The molecule has 0 aliphatic carbocycles. The van der Waals surface area contributed by atoms with Crippen LogP contribution in [-0.2, 0) is 4.79 Å². The Hall–Kier alpha value is -0.750. The zero-order valence-electron chi connectivity index (χ0n) is 9.16. The molecule has 1 atom stereocenters. The summed E-state index contributed by atoms with van der Waals surface area (Å²) < 4.78 is 24.0. The summed E-state index contributed by atoms with van der Waals surface area (Å²) in [4.78, 5) is 12.4. The number of carboxylic acid groups (broad SMARTS) is 1. The van der Waals surface area contributed by atoms with E-state index < -0.39 is 12.4 Å². The van der Waals surface area contributed by atoms with E-state index in [0.29, 0.717) is 13.1 Å². The van der Waals surface area contributed by atoms with E-state index in [-0.39, 0.29) is 19.0 Å². The summed E-state index contributed by atoms with van der Waals surface area (Å²) in [5.74, 6) is -0.817. The summed E-state index contributed by atoms with van der Waals surface area (Å²) in [6.07, 6.45) is -0.396. The van der Waals surface area contributed by atoms with Gasteiger partial charge in [0.2, 0.25) is 0 Å². The van der Waals surface area contributed by atoms with Crippen molar-refractivity contribution in [2.75, 3.05) is 26.2 Å². The first-order valence-corrected chi connectivity index (χ1v) is 5.53. The van der Waals surface area contributed by atoms with Crippen molar-refractivity contribution >= 4 is 5.97 Å². The lowest BCUT2D eigenvalue weighted by Gasteiger charge is -2.32. The molecule has 0 radical (unpaired) electrons. The first-order valence-electron chi connectivity index (χ1n) is 5.53. The highest BCUT2D eigenvalue weighted by atomic mass is 19.3. The maximum Gasteiger partial charge on any atom is 0.304 e. The van der Waals surface area contributed by atoms with Gasteiger partial charge in [0.05, 0.1) is 13.0 Å². The quantitative estimate of drug-likeness (QED) is 0.715. The molecule has 0 bridgehead atoms. The van der Waals surface area contributed by atoms with Crippen molar-refractivity contribution in [3.8, 4) is 0 Å². The summed E-state index contributed by atoms with van der Waals surface area (Å²) in [6.45, 7) is 1.75.